The van der Waals surface area contributed by atoms with Gasteiger partial charge in [0.15, 0.2) is 11.5 Å². The van der Waals surface area contributed by atoms with Crippen LogP contribution in [0.2, 0.25) is 0 Å². The lowest BCUT2D eigenvalue weighted by Gasteiger charge is -2.20. The zero-order valence-electron chi connectivity index (χ0n) is 9.77. The molecule has 1 aromatic heterocycles. The van der Waals surface area contributed by atoms with Gasteiger partial charge in [0.25, 0.3) is 0 Å². The number of hydrogen-bond acceptors (Lipinski definition) is 3. The van der Waals surface area contributed by atoms with Crippen molar-refractivity contribution in [3.63, 3.8) is 0 Å². The Morgan fingerprint density at radius 1 is 1.17 bits per heavy atom. The lowest BCUT2D eigenvalue weighted by atomic mass is 10.1. The number of benzene rings is 1. The topological polar surface area (TPSA) is 18.5 Å². The van der Waals surface area contributed by atoms with Crippen molar-refractivity contribution >= 4 is 22.9 Å². The molecule has 2 aromatic rings. The molecule has 0 saturated heterocycles. The van der Waals surface area contributed by atoms with Crippen LogP contribution in [-0.2, 0) is 6.42 Å². The first-order valence-electron chi connectivity index (χ1n) is 5.87. The highest BCUT2D eigenvalue weighted by atomic mass is 35.5. The van der Waals surface area contributed by atoms with E-state index in [1.165, 1.54) is 5.56 Å². The van der Waals surface area contributed by atoms with E-state index in [-0.39, 0.29) is 5.38 Å². The van der Waals surface area contributed by atoms with Crippen LogP contribution in [0, 0.1) is 0 Å². The van der Waals surface area contributed by atoms with E-state index in [1.807, 2.05) is 18.2 Å². The number of hydrogen-bond donors (Lipinski definition) is 0. The predicted molar refractivity (Wildman–Crippen MR) is 74.0 cm³/mol. The van der Waals surface area contributed by atoms with Crippen molar-refractivity contribution in [1.29, 1.82) is 0 Å². The fourth-order valence-corrected chi connectivity index (χ4v) is 2.98. The molecule has 18 heavy (non-hydrogen) atoms. The maximum absolute atomic E-state index is 6.45. The molecule has 0 bridgehead atoms. The van der Waals surface area contributed by atoms with Crippen molar-refractivity contribution in [1.82, 2.24) is 0 Å². The standard InChI is InChI=1S/C14H13ClO2S/c15-12(7-10-3-6-18-9-10)11-1-2-13-14(8-11)17-5-4-16-13/h1-3,6,8-9,12H,4-5,7H2. The molecule has 3 rings (SSSR count). The monoisotopic (exact) mass is 280 g/mol. The number of alkyl halides is 1. The van der Waals surface area contributed by atoms with Crippen LogP contribution in [0.1, 0.15) is 16.5 Å². The third kappa shape index (κ3) is 2.47. The molecular weight excluding hydrogens is 268 g/mol. The fourth-order valence-electron chi connectivity index (χ4n) is 1.99. The second-order valence-corrected chi connectivity index (χ2v) is 5.51. The maximum atomic E-state index is 6.45. The Morgan fingerprint density at radius 3 is 2.78 bits per heavy atom. The van der Waals surface area contributed by atoms with Crippen molar-refractivity contribution in [3.8, 4) is 11.5 Å². The third-order valence-electron chi connectivity index (χ3n) is 2.92. The largest absolute Gasteiger partial charge is 0.486 e. The van der Waals surface area contributed by atoms with E-state index >= 15 is 0 Å². The van der Waals surface area contributed by atoms with Gasteiger partial charge in [-0.15, -0.1) is 11.6 Å². The molecule has 0 radical (unpaired) electrons. The van der Waals surface area contributed by atoms with Crippen LogP contribution in [-0.4, -0.2) is 13.2 Å². The SMILES string of the molecule is ClC(Cc1ccsc1)c1ccc2c(c1)OCCO2. The maximum Gasteiger partial charge on any atom is 0.161 e. The lowest BCUT2D eigenvalue weighted by molar-refractivity contribution is 0.171. The second-order valence-electron chi connectivity index (χ2n) is 4.21. The number of halogens is 1. The molecule has 94 valence electrons. The van der Waals surface area contributed by atoms with Crippen LogP contribution >= 0.6 is 22.9 Å². The molecule has 0 fully saturated rings. The number of fused-ring (bicyclic) bond motifs is 1. The molecular formula is C14H13ClO2S. The molecule has 0 aliphatic carbocycles. The summed E-state index contributed by atoms with van der Waals surface area (Å²) in [6, 6.07) is 8.04. The zero-order chi connectivity index (χ0) is 12.4. The van der Waals surface area contributed by atoms with Crippen molar-refractivity contribution in [2.45, 2.75) is 11.8 Å². The first-order valence-corrected chi connectivity index (χ1v) is 7.25. The Labute approximate surface area is 115 Å². The van der Waals surface area contributed by atoms with Gasteiger partial charge in [-0.25, -0.2) is 0 Å². The summed E-state index contributed by atoms with van der Waals surface area (Å²) in [6.45, 7) is 1.22. The van der Waals surface area contributed by atoms with Crippen LogP contribution in [0.15, 0.2) is 35.0 Å². The van der Waals surface area contributed by atoms with E-state index in [2.05, 4.69) is 16.8 Å². The molecule has 1 unspecified atom stereocenters. The average molecular weight is 281 g/mol. The quantitative estimate of drug-likeness (QED) is 0.790. The van der Waals surface area contributed by atoms with Gasteiger partial charge in [0.2, 0.25) is 0 Å². The summed E-state index contributed by atoms with van der Waals surface area (Å²) in [6.07, 6.45) is 0.838. The van der Waals surface area contributed by atoms with E-state index in [9.17, 15) is 0 Å². The normalized spacial score (nSPS) is 15.4. The van der Waals surface area contributed by atoms with E-state index in [0.29, 0.717) is 13.2 Å². The highest BCUT2D eigenvalue weighted by Crippen LogP contribution is 2.35. The molecule has 0 saturated carbocycles. The van der Waals surface area contributed by atoms with Crippen LogP contribution in [0.4, 0.5) is 0 Å². The second kappa shape index (κ2) is 5.21. The number of rotatable bonds is 3. The first-order chi connectivity index (χ1) is 8.83. The Hall–Kier alpha value is -1.19. The van der Waals surface area contributed by atoms with E-state index in [0.717, 1.165) is 23.5 Å². The number of thiophene rings is 1. The third-order valence-corrected chi connectivity index (χ3v) is 4.06. The molecule has 1 atom stereocenters. The van der Waals surface area contributed by atoms with Gasteiger partial charge in [0.05, 0.1) is 5.38 Å². The van der Waals surface area contributed by atoms with Crippen molar-refractivity contribution < 1.29 is 9.47 Å². The fraction of sp³-hybridized carbons (Fsp3) is 0.286. The van der Waals surface area contributed by atoms with Gasteiger partial charge in [0.1, 0.15) is 13.2 Å². The molecule has 2 nitrogen and oxygen atoms in total. The lowest BCUT2D eigenvalue weighted by Crippen LogP contribution is -2.15. The van der Waals surface area contributed by atoms with Crippen LogP contribution < -0.4 is 9.47 Å². The molecule has 1 aliphatic heterocycles. The van der Waals surface area contributed by atoms with E-state index in [4.69, 9.17) is 21.1 Å². The van der Waals surface area contributed by atoms with Gasteiger partial charge in [0, 0.05) is 0 Å². The minimum Gasteiger partial charge on any atom is -0.486 e. The van der Waals surface area contributed by atoms with E-state index < -0.39 is 0 Å². The van der Waals surface area contributed by atoms with Gasteiger partial charge in [-0.05, 0) is 46.5 Å². The van der Waals surface area contributed by atoms with Crippen molar-refractivity contribution in [2.75, 3.05) is 13.2 Å². The first kappa shape index (κ1) is 11.9. The smallest absolute Gasteiger partial charge is 0.161 e. The van der Waals surface area contributed by atoms with Crippen LogP contribution in [0.3, 0.4) is 0 Å². The summed E-state index contributed by atoms with van der Waals surface area (Å²) in [4.78, 5) is 0. The van der Waals surface area contributed by atoms with Crippen LogP contribution in [0.25, 0.3) is 0 Å². The van der Waals surface area contributed by atoms with Crippen molar-refractivity contribution in [3.05, 3.63) is 46.2 Å². The molecule has 0 N–H and O–H groups in total. The molecule has 0 amide bonds. The molecule has 0 spiro atoms. The zero-order valence-corrected chi connectivity index (χ0v) is 11.3. The van der Waals surface area contributed by atoms with Gasteiger partial charge < -0.3 is 9.47 Å². The molecule has 4 heteroatoms. The summed E-state index contributed by atoms with van der Waals surface area (Å²) in [7, 11) is 0. The predicted octanol–water partition coefficient (Wildman–Crippen LogP) is 4.04. The Morgan fingerprint density at radius 2 is 2.00 bits per heavy atom. The summed E-state index contributed by atoms with van der Waals surface area (Å²) in [5.74, 6) is 1.61. The summed E-state index contributed by atoms with van der Waals surface area (Å²) >= 11 is 8.14. The van der Waals surface area contributed by atoms with Gasteiger partial charge in [-0.1, -0.05) is 6.07 Å². The van der Waals surface area contributed by atoms with Gasteiger partial charge in [-0.2, -0.15) is 11.3 Å². The highest BCUT2D eigenvalue weighted by Gasteiger charge is 2.15. The average Bonchev–Trinajstić information content (AvgIpc) is 2.91. The van der Waals surface area contributed by atoms with Gasteiger partial charge >= 0.3 is 0 Å². The van der Waals surface area contributed by atoms with Crippen molar-refractivity contribution in [2.24, 2.45) is 0 Å². The van der Waals surface area contributed by atoms with E-state index in [1.54, 1.807) is 11.3 Å². The Kier molecular flexibility index (Phi) is 3.43. The van der Waals surface area contributed by atoms with Crippen LogP contribution in [0.5, 0.6) is 11.5 Å². The minimum atomic E-state index is -0.0320. The number of ether oxygens (including phenoxy) is 2. The van der Waals surface area contributed by atoms with Gasteiger partial charge in [-0.3, -0.25) is 0 Å². The Balaban J connectivity index is 1.79. The molecule has 2 heterocycles. The Bertz CT molecular complexity index is 525. The summed E-state index contributed by atoms with van der Waals surface area (Å²) < 4.78 is 11.1. The summed E-state index contributed by atoms with van der Waals surface area (Å²) in [5, 5.41) is 4.17. The molecule has 1 aromatic carbocycles. The highest BCUT2D eigenvalue weighted by molar-refractivity contribution is 7.07. The molecule has 1 aliphatic rings. The minimum absolute atomic E-state index is 0.0320. The summed E-state index contributed by atoms with van der Waals surface area (Å²) in [5.41, 5.74) is 2.35.